The maximum atomic E-state index is 13.7. The second kappa shape index (κ2) is 8.88. The second-order valence-corrected chi connectivity index (χ2v) is 9.98. The highest BCUT2D eigenvalue weighted by Crippen LogP contribution is 2.43. The standard InChI is InChI=1S/C25H26ClN3O3S/c1-3-20-21-8-6-12-28(21)23-18(16-7-4-5-9-22(16)33-23)14-29(20)25(31)27-19-13-15(26)10-11-17(19)24(30)32-2/h6,8,10-13,20H,3-5,7,9,14H2,1-2H3,(H,27,31). The third-order valence-electron chi connectivity index (χ3n) is 6.58. The molecule has 2 aliphatic rings. The number of aryl methyl sites for hydroxylation is 1. The highest BCUT2D eigenvalue weighted by Gasteiger charge is 2.34. The first-order valence-electron chi connectivity index (χ1n) is 11.3. The Morgan fingerprint density at radius 1 is 1.21 bits per heavy atom. The Morgan fingerprint density at radius 3 is 2.82 bits per heavy atom. The molecule has 2 amide bonds. The van der Waals surface area contributed by atoms with Crippen molar-refractivity contribution in [2.75, 3.05) is 12.4 Å². The molecular weight excluding hydrogens is 458 g/mol. The maximum absolute atomic E-state index is 13.7. The summed E-state index contributed by atoms with van der Waals surface area (Å²) in [5.41, 5.74) is 4.38. The molecule has 6 nitrogen and oxygen atoms in total. The second-order valence-electron chi connectivity index (χ2n) is 8.46. The molecule has 5 rings (SSSR count). The average Bonchev–Trinajstić information content (AvgIpc) is 3.40. The molecule has 3 aromatic rings. The molecule has 3 heterocycles. The summed E-state index contributed by atoms with van der Waals surface area (Å²) in [6, 6.07) is 8.56. The largest absolute Gasteiger partial charge is 0.465 e. The van der Waals surface area contributed by atoms with Gasteiger partial charge in [0, 0.05) is 27.4 Å². The van der Waals surface area contributed by atoms with E-state index in [1.807, 2.05) is 22.3 Å². The van der Waals surface area contributed by atoms with Gasteiger partial charge in [0.05, 0.1) is 30.9 Å². The van der Waals surface area contributed by atoms with Crippen LogP contribution in [-0.4, -0.2) is 28.6 Å². The van der Waals surface area contributed by atoms with Crippen LogP contribution >= 0.6 is 22.9 Å². The Morgan fingerprint density at radius 2 is 2.03 bits per heavy atom. The number of thiophene rings is 1. The van der Waals surface area contributed by atoms with E-state index in [1.165, 1.54) is 41.0 Å². The highest BCUT2D eigenvalue weighted by atomic mass is 35.5. The summed E-state index contributed by atoms with van der Waals surface area (Å²) in [5.74, 6) is -0.520. The number of nitrogens with one attached hydrogen (secondary N) is 1. The normalized spacial score (nSPS) is 16.9. The van der Waals surface area contributed by atoms with E-state index in [-0.39, 0.29) is 17.6 Å². The molecule has 1 aliphatic heterocycles. The van der Waals surface area contributed by atoms with Gasteiger partial charge >= 0.3 is 12.0 Å². The van der Waals surface area contributed by atoms with E-state index in [9.17, 15) is 9.59 Å². The number of rotatable bonds is 3. The number of benzene rings is 1. The van der Waals surface area contributed by atoms with Crippen LogP contribution < -0.4 is 5.32 Å². The van der Waals surface area contributed by atoms with Gasteiger partial charge in [-0.05, 0) is 68.0 Å². The average molecular weight is 484 g/mol. The lowest BCUT2D eigenvalue weighted by Gasteiger charge is -2.30. The fraction of sp³-hybridized carbons (Fsp3) is 0.360. The van der Waals surface area contributed by atoms with Gasteiger partial charge in [-0.15, -0.1) is 11.3 Å². The minimum Gasteiger partial charge on any atom is -0.465 e. The van der Waals surface area contributed by atoms with Gasteiger partial charge in [0.15, 0.2) is 0 Å². The Kier molecular flexibility index (Phi) is 5.93. The van der Waals surface area contributed by atoms with Crippen molar-refractivity contribution in [1.29, 1.82) is 0 Å². The topological polar surface area (TPSA) is 63.6 Å². The molecule has 172 valence electrons. The predicted octanol–water partition coefficient (Wildman–Crippen LogP) is 6.36. The van der Waals surface area contributed by atoms with E-state index >= 15 is 0 Å². The first kappa shape index (κ1) is 22.0. The van der Waals surface area contributed by atoms with E-state index in [2.05, 4.69) is 29.1 Å². The maximum Gasteiger partial charge on any atom is 0.339 e. The van der Waals surface area contributed by atoms with E-state index in [1.54, 1.807) is 18.2 Å². The predicted molar refractivity (Wildman–Crippen MR) is 131 cm³/mol. The zero-order chi connectivity index (χ0) is 23.1. The Hall–Kier alpha value is -2.77. The molecule has 0 bridgehead atoms. The SMILES string of the molecule is CCC1c2cccn2-c2sc3c(c2CN1C(=O)Nc1cc(Cl)ccc1C(=O)OC)CCCC3. The van der Waals surface area contributed by atoms with E-state index in [4.69, 9.17) is 16.3 Å². The Balaban J connectivity index is 1.56. The number of nitrogens with zero attached hydrogens (tertiary/aromatic N) is 2. The van der Waals surface area contributed by atoms with Gasteiger partial charge in [0.25, 0.3) is 0 Å². The lowest BCUT2D eigenvalue weighted by atomic mass is 9.95. The van der Waals surface area contributed by atoms with Crippen LogP contribution in [0.1, 0.15) is 64.3 Å². The van der Waals surface area contributed by atoms with Crippen molar-refractivity contribution in [3.05, 3.63) is 68.8 Å². The summed E-state index contributed by atoms with van der Waals surface area (Å²) >= 11 is 8.05. The Bertz CT molecular complexity index is 1230. The monoisotopic (exact) mass is 483 g/mol. The minimum absolute atomic E-state index is 0.0976. The third-order valence-corrected chi connectivity index (χ3v) is 8.15. The summed E-state index contributed by atoms with van der Waals surface area (Å²) < 4.78 is 7.15. The summed E-state index contributed by atoms with van der Waals surface area (Å²) in [6.07, 6.45) is 7.45. The molecular formula is C25H26ClN3O3S. The number of aromatic nitrogens is 1. The number of hydrogen-bond donors (Lipinski definition) is 1. The molecule has 2 aromatic heterocycles. The van der Waals surface area contributed by atoms with Crippen LogP contribution in [0, 0.1) is 0 Å². The molecule has 1 atom stereocenters. The van der Waals surface area contributed by atoms with Gasteiger partial charge in [-0.25, -0.2) is 9.59 Å². The van der Waals surface area contributed by atoms with Gasteiger partial charge in [-0.2, -0.15) is 0 Å². The Labute approximate surface area is 202 Å². The van der Waals surface area contributed by atoms with Gasteiger partial charge in [-0.1, -0.05) is 18.5 Å². The van der Waals surface area contributed by atoms with Crippen LogP contribution in [0.5, 0.6) is 0 Å². The number of ether oxygens (including phenoxy) is 1. The van der Waals surface area contributed by atoms with Gasteiger partial charge < -0.3 is 19.5 Å². The number of amides is 2. The van der Waals surface area contributed by atoms with Gasteiger partial charge in [0.1, 0.15) is 5.00 Å². The molecule has 33 heavy (non-hydrogen) atoms. The van der Waals surface area contributed by atoms with Crippen LogP contribution in [0.15, 0.2) is 36.5 Å². The van der Waals surface area contributed by atoms with Crippen molar-refractivity contribution in [2.45, 2.75) is 51.6 Å². The molecule has 1 unspecified atom stereocenters. The molecule has 1 N–H and O–H groups in total. The smallest absolute Gasteiger partial charge is 0.339 e. The lowest BCUT2D eigenvalue weighted by molar-refractivity contribution is 0.0602. The number of carbonyl (C=O) groups excluding carboxylic acids is 2. The first-order chi connectivity index (χ1) is 16.0. The fourth-order valence-corrected chi connectivity index (χ4v) is 6.58. The molecule has 8 heteroatoms. The quantitative estimate of drug-likeness (QED) is 0.441. The summed E-state index contributed by atoms with van der Waals surface area (Å²) in [6.45, 7) is 2.62. The number of methoxy groups -OCH3 is 1. The zero-order valence-electron chi connectivity index (χ0n) is 18.7. The molecule has 0 saturated carbocycles. The highest BCUT2D eigenvalue weighted by molar-refractivity contribution is 7.15. The minimum atomic E-state index is -0.520. The number of fused-ring (bicyclic) bond motifs is 5. The van der Waals surface area contributed by atoms with Crippen molar-refractivity contribution < 1.29 is 14.3 Å². The van der Waals surface area contributed by atoms with Gasteiger partial charge in [0.2, 0.25) is 0 Å². The molecule has 0 saturated heterocycles. The molecule has 0 radical (unpaired) electrons. The lowest BCUT2D eigenvalue weighted by Crippen LogP contribution is -2.37. The fourth-order valence-electron chi connectivity index (χ4n) is 5.00. The van der Waals surface area contributed by atoms with Crippen LogP contribution in [-0.2, 0) is 24.1 Å². The number of esters is 1. The zero-order valence-corrected chi connectivity index (χ0v) is 20.3. The number of anilines is 1. The van der Waals surface area contributed by atoms with Crippen LogP contribution in [0.3, 0.4) is 0 Å². The van der Waals surface area contributed by atoms with Crippen LogP contribution in [0.25, 0.3) is 5.00 Å². The number of urea groups is 1. The van der Waals surface area contributed by atoms with Crippen molar-refractivity contribution in [2.24, 2.45) is 0 Å². The first-order valence-corrected chi connectivity index (χ1v) is 12.5. The van der Waals surface area contributed by atoms with Gasteiger partial charge in [-0.3, -0.25) is 0 Å². The number of hydrogen-bond acceptors (Lipinski definition) is 4. The summed E-state index contributed by atoms with van der Waals surface area (Å²) in [4.78, 5) is 29.3. The third kappa shape index (κ3) is 3.83. The summed E-state index contributed by atoms with van der Waals surface area (Å²) in [5, 5.41) is 4.61. The van der Waals surface area contributed by atoms with E-state index < -0.39 is 5.97 Å². The molecule has 0 spiro atoms. The van der Waals surface area contributed by atoms with Crippen molar-refractivity contribution in [3.8, 4) is 5.00 Å². The molecule has 0 fully saturated rings. The van der Waals surface area contributed by atoms with E-state index in [0.29, 0.717) is 17.3 Å². The number of halogens is 1. The van der Waals surface area contributed by atoms with Crippen LogP contribution in [0.4, 0.5) is 10.5 Å². The summed E-state index contributed by atoms with van der Waals surface area (Å²) in [7, 11) is 1.32. The van der Waals surface area contributed by atoms with Crippen molar-refractivity contribution >= 4 is 40.6 Å². The molecule has 1 aliphatic carbocycles. The number of carbonyl (C=O) groups is 2. The molecule has 1 aromatic carbocycles. The van der Waals surface area contributed by atoms with E-state index in [0.717, 1.165) is 25.0 Å². The van der Waals surface area contributed by atoms with Crippen molar-refractivity contribution in [1.82, 2.24) is 9.47 Å². The van der Waals surface area contributed by atoms with Crippen molar-refractivity contribution in [3.63, 3.8) is 0 Å². The van der Waals surface area contributed by atoms with Crippen LogP contribution in [0.2, 0.25) is 5.02 Å².